The smallest absolute Gasteiger partial charge is 0.247 e. The van der Waals surface area contributed by atoms with Gasteiger partial charge < -0.3 is 24.3 Å². The van der Waals surface area contributed by atoms with E-state index in [-0.39, 0.29) is 24.2 Å². The lowest BCUT2D eigenvalue weighted by molar-refractivity contribution is -0.140. The van der Waals surface area contributed by atoms with Crippen molar-refractivity contribution < 1.29 is 23.7 Å². The number of rotatable bonds is 10. The van der Waals surface area contributed by atoms with E-state index < -0.39 is 0 Å². The van der Waals surface area contributed by atoms with Crippen molar-refractivity contribution in [3.8, 4) is 11.5 Å². The van der Waals surface area contributed by atoms with Crippen LogP contribution in [-0.2, 0) is 14.3 Å². The molecule has 2 fully saturated rings. The Morgan fingerprint density at radius 3 is 2.37 bits per heavy atom. The average molecular weight is 480 g/mol. The molecule has 4 rings (SSSR count). The molecule has 0 radical (unpaired) electrons. The van der Waals surface area contributed by atoms with Gasteiger partial charge in [-0.15, -0.1) is 0 Å². The fraction of sp³-hybridized carbons (Fsp3) is 0.483. The van der Waals surface area contributed by atoms with Crippen molar-refractivity contribution in [2.24, 2.45) is 0 Å². The van der Waals surface area contributed by atoms with E-state index in [1.807, 2.05) is 50.3 Å². The molecule has 1 heterocycles. The van der Waals surface area contributed by atoms with Gasteiger partial charge in [0.1, 0.15) is 0 Å². The lowest BCUT2D eigenvalue weighted by atomic mass is 9.87. The van der Waals surface area contributed by atoms with Gasteiger partial charge in [-0.05, 0) is 75.3 Å². The number of amides is 1. The first-order chi connectivity index (χ1) is 17.1. The normalized spacial score (nSPS) is 19.8. The average Bonchev–Trinajstić information content (AvgIpc) is 3.39. The molecule has 2 aromatic carbocycles. The number of piperidine rings is 1. The molecule has 2 aliphatic rings. The minimum absolute atomic E-state index is 0.0113. The molecule has 1 unspecified atom stereocenters. The number of benzene rings is 2. The number of hydrogen-bond donors (Lipinski definition) is 1. The topological polar surface area (TPSA) is 66.0 Å². The Balaban J connectivity index is 1.50. The zero-order chi connectivity index (χ0) is 24.6. The summed E-state index contributed by atoms with van der Waals surface area (Å²) in [4.78, 5) is 12.7. The molecule has 1 N–H and O–H groups in total. The predicted molar refractivity (Wildman–Crippen MR) is 137 cm³/mol. The maximum atomic E-state index is 12.7. The van der Waals surface area contributed by atoms with E-state index >= 15 is 0 Å². The zero-order valence-electron chi connectivity index (χ0n) is 21.0. The molecular weight excluding hydrogens is 442 g/mol. The van der Waals surface area contributed by atoms with Crippen LogP contribution in [0.15, 0.2) is 48.0 Å². The second-order valence-electron chi connectivity index (χ2n) is 9.12. The highest BCUT2D eigenvalue weighted by molar-refractivity contribution is 5.98. The van der Waals surface area contributed by atoms with Gasteiger partial charge in [0.25, 0.3) is 0 Å². The summed E-state index contributed by atoms with van der Waals surface area (Å²) in [5.41, 5.74) is 3.87. The van der Waals surface area contributed by atoms with Gasteiger partial charge in [0, 0.05) is 36.8 Å². The molecule has 1 saturated carbocycles. The zero-order valence-corrected chi connectivity index (χ0v) is 21.0. The molecule has 2 aromatic rings. The number of methoxy groups -OCH3 is 1. The van der Waals surface area contributed by atoms with Gasteiger partial charge >= 0.3 is 0 Å². The summed E-state index contributed by atoms with van der Waals surface area (Å²) in [6.45, 7) is 5.67. The van der Waals surface area contributed by atoms with Gasteiger partial charge in [0.2, 0.25) is 5.91 Å². The van der Waals surface area contributed by atoms with E-state index in [0.29, 0.717) is 26.2 Å². The largest absolute Gasteiger partial charge is 0.493 e. The Kier molecular flexibility index (Phi) is 8.83. The fourth-order valence-electron chi connectivity index (χ4n) is 4.84. The van der Waals surface area contributed by atoms with E-state index in [1.54, 1.807) is 7.11 Å². The van der Waals surface area contributed by atoms with E-state index in [2.05, 4.69) is 17.4 Å². The standard InChI is InChI=1S/C29H37NO5/c1-4-33-29(34-5-2)21-12-10-20(11-13-21)16-23-17-24(19-30-28(23)31)22-14-15-26(32-3)27(18-22)35-25-8-6-7-9-25/h10-16,18,24-25,29H,4-9,17,19H2,1-3H3,(H,30,31). The maximum absolute atomic E-state index is 12.7. The highest BCUT2D eigenvalue weighted by Gasteiger charge is 2.26. The summed E-state index contributed by atoms with van der Waals surface area (Å²) in [6.07, 6.45) is 7.15. The SMILES string of the molecule is CCOC(OCC)c1ccc(C=C2CC(c3ccc(OC)c(OC4CCCC4)c3)CNC2=O)cc1. The second-order valence-corrected chi connectivity index (χ2v) is 9.12. The number of hydrogen-bond acceptors (Lipinski definition) is 5. The number of carbonyl (C=O) groups excluding carboxylic acids is 1. The highest BCUT2D eigenvalue weighted by Crippen LogP contribution is 2.36. The fourth-order valence-corrected chi connectivity index (χ4v) is 4.84. The molecule has 6 nitrogen and oxygen atoms in total. The summed E-state index contributed by atoms with van der Waals surface area (Å²) >= 11 is 0. The van der Waals surface area contributed by atoms with Crippen molar-refractivity contribution in [2.75, 3.05) is 26.9 Å². The summed E-state index contributed by atoms with van der Waals surface area (Å²) in [6, 6.07) is 14.2. The Labute approximate surface area is 208 Å². The minimum atomic E-state index is -0.371. The van der Waals surface area contributed by atoms with Crippen LogP contribution in [0, 0.1) is 0 Å². The number of nitrogens with one attached hydrogen (secondary N) is 1. The lowest BCUT2D eigenvalue weighted by Crippen LogP contribution is -2.35. The molecule has 1 atom stereocenters. The molecule has 1 amide bonds. The van der Waals surface area contributed by atoms with E-state index in [9.17, 15) is 4.79 Å². The first kappa shape index (κ1) is 25.3. The summed E-state index contributed by atoms with van der Waals surface area (Å²) < 4.78 is 23.2. The molecule has 0 aromatic heterocycles. The Hall–Kier alpha value is -2.83. The number of carbonyl (C=O) groups is 1. The molecule has 1 aliphatic carbocycles. The highest BCUT2D eigenvalue weighted by atomic mass is 16.7. The van der Waals surface area contributed by atoms with Crippen LogP contribution < -0.4 is 14.8 Å². The first-order valence-corrected chi connectivity index (χ1v) is 12.8. The molecule has 35 heavy (non-hydrogen) atoms. The molecule has 188 valence electrons. The van der Waals surface area contributed by atoms with E-state index in [1.165, 1.54) is 12.8 Å². The maximum Gasteiger partial charge on any atom is 0.247 e. The van der Waals surface area contributed by atoms with Gasteiger partial charge in [-0.2, -0.15) is 0 Å². The summed E-state index contributed by atoms with van der Waals surface area (Å²) in [5.74, 6) is 1.72. The van der Waals surface area contributed by atoms with Crippen LogP contribution in [0.1, 0.15) is 74.8 Å². The van der Waals surface area contributed by atoms with Crippen LogP contribution in [-0.4, -0.2) is 38.9 Å². The van der Waals surface area contributed by atoms with Crippen molar-refractivity contribution in [1.82, 2.24) is 5.32 Å². The van der Waals surface area contributed by atoms with Gasteiger partial charge in [-0.1, -0.05) is 30.3 Å². The van der Waals surface area contributed by atoms with Crippen LogP contribution in [0.3, 0.4) is 0 Å². The van der Waals surface area contributed by atoms with Crippen molar-refractivity contribution >= 4 is 12.0 Å². The van der Waals surface area contributed by atoms with Crippen molar-refractivity contribution in [2.45, 2.75) is 64.3 Å². The lowest BCUT2D eigenvalue weighted by Gasteiger charge is -2.26. The quantitative estimate of drug-likeness (QED) is 0.346. The molecule has 1 saturated heterocycles. The van der Waals surface area contributed by atoms with Gasteiger partial charge in [-0.3, -0.25) is 4.79 Å². The van der Waals surface area contributed by atoms with Crippen molar-refractivity contribution in [3.63, 3.8) is 0 Å². The Morgan fingerprint density at radius 2 is 1.71 bits per heavy atom. The van der Waals surface area contributed by atoms with Gasteiger partial charge in [-0.25, -0.2) is 0 Å². The van der Waals surface area contributed by atoms with Gasteiger partial charge in [0.05, 0.1) is 13.2 Å². The Morgan fingerprint density at radius 1 is 1.00 bits per heavy atom. The third-order valence-corrected chi connectivity index (χ3v) is 6.71. The third-order valence-electron chi connectivity index (χ3n) is 6.71. The van der Waals surface area contributed by atoms with E-state index in [4.69, 9.17) is 18.9 Å². The molecule has 0 bridgehead atoms. The van der Waals surface area contributed by atoms with Crippen LogP contribution in [0.2, 0.25) is 0 Å². The van der Waals surface area contributed by atoms with Crippen molar-refractivity contribution in [1.29, 1.82) is 0 Å². The molecular formula is C29H37NO5. The summed E-state index contributed by atoms with van der Waals surface area (Å²) in [5, 5.41) is 3.07. The molecule has 6 heteroatoms. The molecule has 1 aliphatic heterocycles. The predicted octanol–water partition coefficient (Wildman–Crippen LogP) is 5.78. The first-order valence-electron chi connectivity index (χ1n) is 12.8. The van der Waals surface area contributed by atoms with Crippen molar-refractivity contribution in [3.05, 3.63) is 64.7 Å². The number of ether oxygens (including phenoxy) is 4. The summed E-state index contributed by atoms with van der Waals surface area (Å²) in [7, 11) is 1.68. The minimum Gasteiger partial charge on any atom is -0.493 e. The Bertz CT molecular complexity index is 1000. The second kappa shape index (κ2) is 12.2. The van der Waals surface area contributed by atoms with Crippen LogP contribution in [0.25, 0.3) is 6.08 Å². The van der Waals surface area contributed by atoms with Gasteiger partial charge in [0.15, 0.2) is 17.8 Å². The third kappa shape index (κ3) is 6.44. The molecule has 0 spiro atoms. The van der Waals surface area contributed by atoms with Crippen LogP contribution in [0.4, 0.5) is 0 Å². The van der Waals surface area contributed by atoms with E-state index in [0.717, 1.165) is 46.6 Å². The monoisotopic (exact) mass is 479 g/mol. The van der Waals surface area contributed by atoms with Crippen LogP contribution in [0.5, 0.6) is 11.5 Å². The van der Waals surface area contributed by atoms with Crippen LogP contribution >= 0.6 is 0 Å².